The zero-order valence-electron chi connectivity index (χ0n) is 24.4. The van der Waals surface area contributed by atoms with E-state index < -0.39 is 17.8 Å². The quantitative estimate of drug-likeness (QED) is 0.314. The Bertz CT molecular complexity index is 1420. The second-order valence-electron chi connectivity index (χ2n) is 10.4. The Morgan fingerprint density at radius 3 is 1.56 bits per heavy atom. The summed E-state index contributed by atoms with van der Waals surface area (Å²) in [5.74, 6) is -1.16. The van der Waals surface area contributed by atoms with Crippen molar-refractivity contribution in [2.75, 3.05) is 24.2 Å². The second kappa shape index (κ2) is 11.6. The Kier molecular flexibility index (Phi) is 7.92. The van der Waals surface area contributed by atoms with Crippen molar-refractivity contribution in [2.45, 2.75) is 46.5 Å². The van der Waals surface area contributed by atoms with E-state index in [1.165, 1.54) is 10.0 Å². The number of carbonyl (C=O) groups excluding carboxylic acids is 2. The topological polar surface area (TPSA) is 83.8 Å². The first-order chi connectivity index (χ1) is 19.8. The van der Waals surface area contributed by atoms with E-state index in [0.717, 1.165) is 28.1 Å². The monoisotopic (exact) mass is 552 g/mol. The van der Waals surface area contributed by atoms with Crippen molar-refractivity contribution in [3.05, 3.63) is 83.4 Å². The average Bonchev–Trinajstić information content (AvgIpc) is 3.50. The molecule has 0 bridgehead atoms. The molecule has 8 nitrogen and oxygen atoms in total. The van der Waals surface area contributed by atoms with Crippen LogP contribution in [0.15, 0.2) is 76.9 Å². The van der Waals surface area contributed by atoms with Crippen molar-refractivity contribution >= 4 is 34.6 Å². The van der Waals surface area contributed by atoms with Gasteiger partial charge in [-0.1, -0.05) is 55.3 Å². The number of methoxy groups -OCH3 is 2. The van der Waals surface area contributed by atoms with Crippen LogP contribution in [-0.2, 0) is 9.59 Å². The van der Waals surface area contributed by atoms with E-state index in [1.807, 2.05) is 88.4 Å². The predicted molar refractivity (Wildman–Crippen MR) is 162 cm³/mol. The van der Waals surface area contributed by atoms with E-state index in [1.54, 1.807) is 20.3 Å². The molecule has 0 spiro atoms. The number of ether oxygens (including phenoxy) is 2. The van der Waals surface area contributed by atoms with Crippen molar-refractivity contribution in [3.8, 4) is 11.5 Å². The summed E-state index contributed by atoms with van der Waals surface area (Å²) < 4.78 is 11.3. The van der Waals surface area contributed by atoms with Gasteiger partial charge >= 0.3 is 0 Å². The highest BCUT2D eigenvalue weighted by molar-refractivity contribution is 6.20. The van der Waals surface area contributed by atoms with Crippen LogP contribution in [-0.4, -0.2) is 37.5 Å². The van der Waals surface area contributed by atoms with E-state index in [4.69, 9.17) is 19.7 Å². The van der Waals surface area contributed by atoms with Crippen LogP contribution in [0, 0.1) is 25.7 Å². The Hall–Kier alpha value is -4.46. The molecule has 3 aromatic rings. The molecule has 0 saturated heterocycles. The fourth-order valence-electron chi connectivity index (χ4n) is 5.72. The molecule has 212 valence electrons. The number of anilines is 2. The molecular weight excluding hydrogens is 516 g/mol. The molecule has 2 aliphatic rings. The third kappa shape index (κ3) is 5.10. The highest BCUT2D eigenvalue weighted by Gasteiger charge is 2.51. The molecule has 41 heavy (non-hydrogen) atoms. The minimum atomic E-state index is -0.688. The summed E-state index contributed by atoms with van der Waals surface area (Å²) in [6.45, 7) is 7.98. The summed E-state index contributed by atoms with van der Waals surface area (Å²) in [4.78, 5) is 28.7. The third-order valence-electron chi connectivity index (χ3n) is 7.92. The highest BCUT2D eigenvalue weighted by atomic mass is 16.5. The summed E-state index contributed by atoms with van der Waals surface area (Å²) in [6, 6.07) is 21.0. The van der Waals surface area contributed by atoms with Gasteiger partial charge in [-0.2, -0.15) is 10.2 Å². The maximum absolute atomic E-state index is 14.3. The fraction of sp³-hybridized carbons (Fsp3) is 0.333. The maximum Gasteiger partial charge on any atom is 0.256 e. The summed E-state index contributed by atoms with van der Waals surface area (Å²) in [5.41, 5.74) is 5.74. The van der Waals surface area contributed by atoms with E-state index in [9.17, 15) is 9.59 Å². The van der Waals surface area contributed by atoms with Gasteiger partial charge in [0.15, 0.2) is 0 Å². The largest absolute Gasteiger partial charge is 0.497 e. The first kappa shape index (κ1) is 28.1. The minimum absolute atomic E-state index is 0.175. The lowest BCUT2D eigenvalue weighted by molar-refractivity contribution is -0.122. The zero-order chi connectivity index (χ0) is 29.3. The smallest absolute Gasteiger partial charge is 0.256 e. The van der Waals surface area contributed by atoms with Crippen molar-refractivity contribution in [2.24, 2.45) is 22.0 Å². The molecule has 0 saturated carbocycles. The van der Waals surface area contributed by atoms with Gasteiger partial charge in [0.1, 0.15) is 11.5 Å². The number of benzene rings is 3. The van der Waals surface area contributed by atoms with Gasteiger partial charge in [-0.05, 0) is 62.6 Å². The number of rotatable bonds is 9. The minimum Gasteiger partial charge on any atom is -0.497 e. The number of hydrogen-bond donors (Lipinski definition) is 0. The summed E-state index contributed by atoms with van der Waals surface area (Å²) in [6.07, 6.45) is 1.10. The van der Waals surface area contributed by atoms with Gasteiger partial charge in [0.05, 0.1) is 48.9 Å². The van der Waals surface area contributed by atoms with E-state index >= 15 is 0 Å². The molecule has 2 atom stereocenters. The molecule has 5 rings (SSSR count). The van der Waals surface area contributed by atoms with Crippen LogP contribution in [0.4, 0.5) is 11.4 Å². The Morgan fingerprint density at radius 2 is 1.17 bits per heavy atom. The van der Waals surface area contributed by atoms with Crippen LogP contribution in [0.1, 0.15) is 49.3 Å². The van der Waals surface area contributed by atoms with Crippen molar-refractivity contribution in [1.29, 1.82) is 0 Å². The first-order valence-electron chi connectivity index (χ1n) is 14.0. The molecule has 8 heteroatoms. The molecule has 2 heterocycles. The van der Waals surface area contributed by atoms with E-state index in [-0.39, 0.29) is 11.8 Å². The summed E-state index contributed by atoms with van der Waals surface area (Å²) in [5, 5.41) is 12.6. The number of hydrazone groups is 2. The number of carbonyl (C=O) groups is 2. The van der Waals surface area contributed by atoms with Gasteiger partial charge in [0.25, 0.3) is 11.8 Å². The predicted octanol–water partition coefficient (Wildman–Crippen LogP) is 6.26. The van der Waals surface area contributed by atoms with Gasteiger partial charge in [0.2, 0.25) is 0 Å². The molecule has 0 fully saturated rings. The molecule has 0 aromatic heterocycles. The van der Waals surface area contributed by atoms with Crippen LogP contribution >= 0.6 is 0 Å². The zero-order valence-corrected chi connectivity index (χ0v) is 24.4. The molecular formula is C33H36N4O4. The molecule has 2 amide bonds. The van der Waals surface area contributed by atoms with Crippen LogP contribution in [0.25, 0.3) is 0 Å². The molecule has 0 aliphatic carbocycles. The van der Waals surface area contributed by atoms with Gasteiger partial charge in [0, 0.05) is 12.0 Å². The van der Waals surface area contributed by atoms with Crippen LogP contribution in [0.2, 0.25) is 0 Å². The standard InChI is InChI=1S/C33H36N4O4/c1-7-26-30(32(38)36(34-26)22-13-9-20(3)10-14-22)29(25-18-17-24(40-5)19-28(25)41-6)31-27(8-2)35-37(33(31)39)23-15-11-21(4)12-16-23/h9-19,29-31H,7-8H2,1-6H3. The number of hydrogen-bond acceptors (Lipinski definition) is 6. The molecule has 2 aliphatic heterocycles. The summed E-state index contributed by atoms with van der Waals surface area (Å²) >= 11 is 0. The van der Waals surface area contributed by atoms with Gasteiger partial charge < -0.3 is 9.47 Å². The van der Waals surface area contributed by atoms with Crippen LogP contribution < -0.4 is 19.5 Å². The molecule has 0 N–H and O–H groups in total. The average molecular weight is 553 g/mol. The Labute approximate surface area is 241 Å². The SMILES string of the molecule is CCC1=NN(c2ccc(C)cc2)C(=O)C1C(c1ccc(OC)cc1OC)C1C(=O)N(c2ccc(C)cc2)N=C1CC. The second-order valence-corrected chi connectivity index (χ2v) is 10.4. The lowest BCUT2D eigenvalue weighted by Crippen LogP contribution is -2.41. The molecule has 3 aromatic carbocycles. The van der Waals surface area contributed by atoms with Gasteiger partial charge in [-0.3, -0.25) is 9.59 Å². The third-order valence-corrected chi connectivity index (χ3v) is 7.92. The normalized spacial score (nSPS) is 19.4. The fourth-order valence-corrected chi connectivity index (χ4v) is 5.72. The number of nitrogens with zero attached hydrogens (tertiary/aromatic N) is 4. The van der Waals surface area contributed by atoms with E-state index in [0.29, 0.717) is 35.7 Å². The maximum atomic E-state index is 14.3. The first-order valence-corrected chi connectivity index (χ1v) is 14.0. The van der Waals surface area contributed by atoms with Gasteiger partial charge in [-0.15, -0.1) is 0 Å². The highest BCUT2D eigenvalue weighted by Crippen LogP contribution is 2.47. The number of amides is 2. The lowest BCUT2D eigenvalue weighted by atomic mass is 9.71. The van der Waals surface area contributed by atoms with Crippen LogP contribution in [0.5, 0.6) is 11.5 Å². The van der Waals surface area contributed by atoms with Crippen molar-refractivity contribution in [3.63, 3.8) is 0 Å². The number of aryl methyl sites for hydroxylation is 2. The Morgan fingerprint density at radius 1 is 0.707 bits per heavy atom. The lowest BCUT2D eigenvalue weighted by Gasteiger charge is -2.30. The van der Waals surface area contributed by atoms with Crippen molar-refractivity contribution < 1.29 is 19.1 Å². The van der Waals surface area contributed by atoms with Crippen molar-refractivity contribution in [1.82, 2.24) is 0 Å². The molecule has 2 unspecified atom stereocenters. The summed E-state index contributed by atoms with van der Waals surface area (Å²) in [7, 11) is 3.18. The van der Waals surface area contributed by atoms with Gasteiger partial charge in [-0.25, -0.2) is 10.0 Å². The van der Waals surface area contributed by atoms with E-state index in [2.05, 4.69) is 0 Å². The van der Waals surface area contributed by atoms with Crippen LogP contribution in [0.3, 0.4) is 0 Å². The molecule has 0 radical (unpaired) electrons. The Balaban J connectivity index is 1.66.